The summed E-state index contributed by atoms with van der Waals surface area (Å²) in [5.74, 6) is 1.05. The van der Waals surface area contributed by atoms with E-state index in [-0.39, 0.29) is 0 Å². The maximum Gasteiger partial charge on any atom is 0.230 e. The number of benzene rings is 4. The molecular weight excluding hydrogens is 505 g/mol. The zero-order valence-electron chi connectivity index (χ0n) is 18.6. The third kappa shape index (κ3) is 6.36. The monoisotopic (exact) mass is 530 g/mol. The molecule has 0 spiro atoms. The first kappa shape index (κ1) is 25.1. The van der Waals surface area contributed by atoms with Gasteiger partial charge in [0.15, 0.2) is 0 Å². The van der Waals surface area contributed by atoms with Gasteiger partial charge in [-0.05, 0) is 80.2 Å². The molecule has 34 heavy (non-hydrogen) atoms. The lowest BCUT2D eigenvalue weighted by Crippen LogP contribution is -1.98. The van der Waals surface area contributed by atoms with Crippen LogP contribution in [0.5, 0.6) is 0 Å². The van der Waals surface area contributed by atoms with Gasteiger partial charge in [0.25, 0.3) is 0 Å². The van der Waals surface area contributed by atoms with Crippen LogP contribution in [-0.4, -0.2) is 28.3 Å². The average Bonchev–Trinajstić information content (AvgIpc) is 2.85. The van der Waals surface area contributed by atoms with Crippen molar-refractivity contribution in [1.29, 1.82) is 0 Å². The third-order valence-electron chi connectivity index (χ3n) is 5.53. The Morgan fingerprint density at radius 2 is 0.853 bits per heavy atom. The Balaban J connectivity index is 1.18. The topological polar surface area (TPSA) is 68.3 Å². The van der Waals surface area contributed by atoms with Crippen LogP contribution in [0.25, 0.3) is 21.5 Å². The molecule has 0 amide bonds. The molecule has 0 fully saturated rings. The summed E-state index contributed by atoms with van der Waals surface area (Å²) in [7, 11) is -4.81. The van der Waals surface area contributed by atoms with Crippen LogP contribution >= 0.6 is 21.6 Å². The minimum atomic E-state index is -3.38. The Morgan fingerprint density at radius 1 is 0.471 bits per heavy atom. The van der Waals surface area contributed by atoms with Gasteiger partial charge in [0.2, 0.25) is 17.7 Å². The summed E-state index contributed by atoms with van der Waals surface area (Å²) in [5, 5.41) is 3.87. The van der Waals surface area contributed by atoms with Gasteiger partial charge in [-0.15, -0.1) is 0 Å². The van der Waals surface area contributed by atoms with Gasteiger partial charge in [-0.3, -0.25) is 0 Å². The SMILES string of the molecule is O=S(=O)(SCCCCCCSS(=O)(=O)c1ccc2ccccc2c1)c1ccc2ccccc2c1. The van der Waals surface area contributed by atoms with E-state index < -0.39 is 17.7 Å². The van der Waals surface area contributed by atoms with E-state index in [0.29, 0.717) is 21.3 Å². The van der Waals surface area contributed by atoms with Crippen LogP contribution in [0.15, 0.2) is 94.7 Å². The first-order valence-electron chi connectivity index (χ1n) is 11.1. The first-order chi connectivity index (χ1) is 16.4. The second-order valence-electron chi connectivity index (χ2n) is 7.98. The molecule has 8 heteroatoms. The normalized spacial score (nSPS) is 12.4. The number of hydrogen-bond donors (Lipinski definition) is 0. The Labute approximate surface area is 208 Å². The summed E-state index contributed by atoms with van der Waals surface area (Å²) in [5.41, 5.74) is 0. The van der Waals surface area contributed by atoms with Gasteiger partial charge in [0, 0.05) is 11.5 Å². The van der Waals surface area contributed by atoms with Crippen LogP contribution in [0, 0.1) is 0 Å². The lowest BCUT2D eigenvalue weighted by atomic mass is 10.1. The summed E-state index contributed by atoms with van der Waals surface area (Å²) in [6, 6.07) is 25.9. The summed E-state index contributed by atoms with van der Waals surface area (Å²) in [6.07, 6.45) is 3.30. The molecule has 4 nitrogen and oxygen atoms in total. The highest BCUT2D eigenvalue weighted by Gasteiger charge is 2.16. The molecule has 0 atom stereocenters. The molecule has 0 aliphatic carbocycles. The minimum Gasteiger partial charge on any atom is -0.212 e. The fraction of sp³-hybridized carbons (Fsp3) is 0.231. The standard InChI is InChI=1S/C26H26O4S4/c27-33(28,25-15-13-21-9-3-5-11-23(21)19-25)31-17-7-1-2-8-18-32-34(29,30)26-16-14-22-10-4-6-12-24(22)20-26/h3-6,9-16,19-20H,1-2,7-8,17-18H2. The highest BCUT2D eigenvalue weighted by atomic mass is 33.1. The van der Waals surface area contributed by atoms with Crippen molar-refractivity contribution < 1.29 is 16.8 Å². The minimum absolute atomic E-state index is 0.339. The molecule has 0 saturated heterocycles. The Hall–Kier alpha value is -2.00. The van der Waals surface area contributed by atoms with Crippen molar-refractivity contribution in [3.63, 3.8) is 0 Å². The quantitative estimate of drug-likeness (QED) is 0.152. The van der Waals surface area contributed by atoms with Crippen LogP contribution in [0.4, 0.5) is 0 Å². The predicted molar refractivity (Wildman–Crippen MR) is 146 cm³/mol. The van der Waals surface area contributed by atoms with E-state index in [4.69, 9.17) is 0 Å². The van der Waals surface area contributed by atoms with E-state index in [0.717, 1.165) is 68.8 Å². The van der Waals surface area contributed by atoms with Gasteiger partial charge >= 0.3 is 0 Å². The molecule has 4 aromatic rings. The molecule has 0 N–H and O–H groups in total. The van der Waals surface area contributed by atoms with E-state index in [9.17, 15) is 16.8 Å². The Kier molecular flexibility index (Phi) is 8.24. The molecule has 178 valence electrons. The van der Waals surface area contributed by atoms with Gasteiger partial charge in [0.05, 0.1) is 9.79 Å². The van der Waals surface area contributed by atoms with Crippen molar-refractivity contribution in [2.24, 2.45) is 0 Å². The average molecular weight is 531 g/mol. The smallest absolute Gasteiger partial charge is 0.212 e. The summed E-state index contributed by atoms with van der Waals surface area (Å²) >= 11 is 0. The van der Waals surface area contributed by atoms with E-state index in [1.165, 1.54) is 0 Å². The van der Waals surface area contributed by atoms with Crippen molar-refractivity contribution in [3.8, 4) is 0 Å². The van der Waals surface area contributed by atoms with E-state index in [1.807, 2.05) is 60.7 Å². The second kappa shape index (κ2) is 11.2. The lowest BCUT2D eigenvalue weighted by molar-refractivity contribution is 0.608. The highest BCUT2D eigenvalue weighted by Crippen LogP contribution is 2.29. The van der Waals surface area contributed by atoms with Gasteiger partial charge in [-0.1, -0.05) is 73.5 Å². The van der Waals surface area contributed by atoms with Crippen molar-refractivity contribution >= 4 is 60.9 Å². The van der Waals surface area contributed by atoms with Crippen molar-refractivity contribution in [2.45, 2.75) is 35.5 Å². The highest BCUT2D eigenvalue weighted by molar-refractivity contribution is 8.72. The number of unbranched alkanes of at least 4 members (excludes halogenated alkanes) is 3. The maximum absolute atomic E-state index is 12.6. The van der Waals surface area contributed by atoms with Crippen molar-refractivity contribution in [1.82, 2.24) is 0 Å². The van der Waals surface area contributed by atoms with E-state index in [2.05, 4.69) is 0 Å². The molecule has 0 aromatic heterocycles. The molecule has 0 saturated carbocycles. The van der Waals surface area contributed by atoms with E-state index in [1.54, 1.807) is 24.3 Å². The molecule has 4 aromatic carbocycles. The first-order valence-corrected chi connectivity index (χ1v) is 17.1. The third-order valence-corrected chi connectivity index (χ3v) is 12.7. The molecule has 0 aliphatic heterocycles. The van der Waals surface area contributed by atoms with Gasteiger partial charge < -0.3 is 0 Å². The molecule has 0 aliphatic rings. The van der Waals surface area contributed by atoms with Crippen molar-refractivity contribution in [2.75, 3.05) is 11.5 Å². The fourth-order valence-electron chi connectivity index (χ4n) is 3.68. The molecular formula is C26H26O4S4. The van der Waals surface area contributed by atoms with Gasteiger partial charge in [0.1, 0.15) is 0 Å². The van der Waals surface area contributed by atoms with Crippen LogP contribution < -0.4 is 0 Å². The summed E-state index contributed by atoms with van der Waals surface area (Å²) in [6.45, 7) is 0. The second-order valence-corrected chi connectivity index (χ2v) is 16.1. The number of rotatable bonds is 11. The van der Waals surface area contributed by atoms with E-state index >= 15 is 0 Å². The summed E-state index contributed by atoms with van der Waals surface area (Å²) < 4.78 is 50.5. The van der Waals surface area contributed by atoms with Crippen LogP contribution in [0.1, 0.15) is 25.7 Å². The molecule has 0 radical (unpaired) electrons. The predicted octanol–water partition coefficient (Wildman–Crippen LogP) is 7.10. The maximum atomic E-state index is 12.6. The summed E-state index contributed by atoms with van der Waals surface area (Å²) in [4.78, 5) is 0.679. The van der Waals surface area contributed by atoms with Crippen LogP contribution in [0.3, 0.4) is 0 Å². The Morgan fingerprint density at radius 3 is 1.26 bits per heavy atom. The van der Waals surface area contributed by atoms with Gasteiger partial charge in [-0.25, -0.2) is 16.8 Å². The molecule has 0 bridgehead atoms. The zero-order chi connectivity index (χ0) is 24.0. The van der Waals surface area contributed by atoms with Crippen LogP contribution in [-0.2, 0) is 17.7 Å². The number of fused-ring (bicyclic) bond motifs is 2. The number of hydrogen-bond acceptors (Lipinski definition) is 6. The largest absolute Gasteiger partial charge is 0.230 e. The van der Waals surface area contributed by atoms with Crippen molar-refractivity contribution in [3.05, 3.63) is 84.9 Å². The molecule has 0 heterocycles. The molecule has 0 unspecified atom stereocenters. The van der Waals surface area contributed by atoms with Crippen LogP contribution in [0.2, 0.25) is 0 Å². The Bertz CT molecular complexity index is 1380. The zero-order valence-corrected chi connectivity index (χ0v) is 21.9. The fourth-order valence-corrected chi connectivity index (χ4v) is 9.51. The van der Waals surface area contributed by atoms with Gasteiger partial charge in [-0.2, -0.15) is 0 Å². The molecule has 4 rings (SSSR count). The lowest BCUT2D eigenvalue weighted by Gasteiger charge is -2.07.